The van der Waals surface area contributed by atoms with E-state index in [9.17, 15) is 0 Å². The van der Waals surface area contributed by atoms with E-state index in [4.69, 9.17) is 11.6 Å². The van der Waals surface area contributed by atoms with Crippen LogP contribution in [-0.4, -0.2) is 9.97 Å². The lowest BCUT2D eigenvalue weighted by Crippen LogP contribution is -1.91. The number of nitrogens with zero attached hydrogens (tertiary/aromatic N) is 2. The third kappa shape index (κ3) is 2.24. The Labute approximate surface area is 135 Å². The number of rotatable bonds is 2. The second-order valence-corrected chi connectivity index (χ2v) is 7.19. The molecule has 0 amide bonds. The molecule has 0 bridgehead atoms. The van der Waals surface area contributed by atoms with E-state index in [1.54, 1.807) is 22.7 Å². The summed E-state index contributed by atoms with van der Waals surface area (Å²) < 4.78 is 2.55. The Bertz CT molecular complexity index is 927. The van der Waals surface area contributed by atoms with E-state index in [0.717, 1.165) is 22.2 Å². The fourth-order valence-electron chi connectivity index (χ4n) is 2.34. The zero-order valence-electron chi connectivity index (χ0n) is 11.3. The van der Waals surface area contributed by atoms with Gasteiger partial charge >= 0.3 is 0 Å². The first-order chi connectivity index (χ1) is 10.2. The van der Waals surface area contributed by atoms with Crippen molar-refractivity contribution in [1.29, 1.82) is 0 Å². The quantitative estimate of drug-likeness (QED) is 0.435. The van der Waals surface area contributed by atoms with Crippen molar-refractivity contribution in [3.05, 3.63) is 46.4 Å². The molecule has 3 heterocycles. The number of benzene rings is 1. The fourth-order valence-corrected chi connectivity index (χ4v) is 4.62. The van der Waals surface area contributed by atoms with Crippen LogP contribution in [0, 0.1) is 0 Å². The van der Waals surface area contributed by atoms with Gasteiger partial charge in [-0.2, -0.15) is 0 Å². The van der Waals surface area contributed by atoms with Crippen molar-refractivity contribution in [2.45, 2.75) is 13.3 Å². The Morgan fingerprint density at radius 1 is 1.10 bits per heavy atom. The van der Waals surface area contributed by atoms with Crippen molar-refractivity contribution < 1.29 is 0 Å². The molecule has 0 atom stereocenters. The van der Waals surface area contributed by atoms with Crippen molar-refractivity contribution in [2.24, 2.45) is 0 Å². The van der Waals surface area contributed by atoms with E-state index in [1.807, 2.05) is 6.07 Å². The Morgan fingerprint density at radius 3 is 2.81 bits per heavy atom. The molecule has 4 rings (SSSR count). The Kier molecular flexibility index (Phi) is 3.17. The van der Waals surface area contributed by atoms with Crippen LogP contribution in [0.4, 0.5) is 0 Å². The average Bonchev–Trinajstić information content (AvgIpc) is 3.08. The Morgan fingerprint density at radius 2 is 2.00 bits per heavy atom. The van der Waals surface area contributed by atoms with Crippen LogP contribution >= 0.6 is 34.3 Å². The van der Waals surface area contributed by atoms with E-state index >= 15 is 0 Å². The Hall–Kier alpha value is -1.49. The van der Waals surface area contributed by atoms with Crippen LogP contribution in [0.15, 0.2) is 35.7 Å². The van der Waals surface area contributed by atoms with Crippen molar-refractivity contribution in [3.63, 3.8) is 0 Å². The van der Waals surface area contributed by atoms with Crippen LogP contribution in [0.5, 0.6) is 0 Å². The predicted octanol–water partition coefficient (Wildman–Crippen LogP) is 5.79. The van der Waals surface area contributed by atoms with Gasteiger partial charge < -0.3 is 0 Å². The van der Waals surface area contributed by atoms with Crippen molar-refractivity contribution in [3.8, 4) is 10.7 Å². The van der Waals surface area contributed by atoms with E-state index in [-0.39, 0.29) is 0 Å². The number of hydrogen-bond acceptors (Lipinski definition) is 4. The van der Waals surface area contributed by atoms with Gasteiger partial charge in [-0.25, -0.2) is 9.97 Å². The van der Waals surface area contributed by atoms with E-state index < -0.39 is 0 Å². The van der Waals surface area contributed by atoms with Crippen LogP contribution in [0.3, 0.4) is 0 Å². The lowest BCUT2D eigenvalue weighted by atomic mass is 10.1. The molecule has 0 unspecified atom stereocenters. The number of aryl methyl sites for hydroxylation is 1. The minimum atomic E-state index is 0.530. The van der Waals surface area contributed by atoms with Crippen LogP contribution < -0.4 is 0 Å². The molecule has 0 radical (unpaired) electrons. The van der Waals surface area contributed by atoms with Gasteiger partial charge in [-0.05, 0) is 41.6 Å². The first-order valence-electron chi connectivity index (χ1n) is 6.68. The molecule has 21 heavy (non-hydrogen) atoms. The third-order valence-electron chi connectivity index (χ3n) is 3.48. The SMILES string of the molecule is CCc1ccc2nc(-c3cc4sccc4s3)nc(Cl)c2c1. The van der Waals surface area contributed by atoms with Gasteiger partial charge in [-0.1, -0.05) is 24.6 Å². The summed E-state index contributed by atoms with van der Waals surface area (Å²) in [6, 6.07) is 10.5. The van der Waals surface area contributed by atoms with Crippen molar-refractivity contribution >= 4 is 54.6 Å². The number of fused-ring (bicyclic) bond motifs is 2. The van der Waals surface area contributed by atoms with Gasteiger partial charge in [0.05, 0.1) is 10.4 Å². The normalized spacial score (nSPS) is 11.5. The molecule has 0 spiro atoms. The molecule has 0 aliphatic heterocycles. The third-order valence-corrected chi connectivity index (χ3v) is 5.86. The van der Waals surface area contributed by atoms with Crippen LogP contribution in [0.2, 0.25) is 5.15 Å². The molecular weight excluding hydrogens is 320 g/mol. The van der Waals surface area contributed by atoms with Crippen molar-refractivity contribution in [2.75, 3.05) is 0 Å². The maximum atomic E-state index is 6.37. The molecule has 0 fully saturated rings. The standard InChI is InChI=1S/C16H11ClN2S2/c1-2-9-3-4-11-10(7-9)15(17)19-16(18-11)14-8-13-12(21-14)5-6-20-13/h3-8H,2H2,1H3. The predicted molar refractivity (Wildman–Crippen MR) is 92.6 cm³/mol. The average molecular weight is 331 g/mol. The number of halogens is 1. The molecule has 1 aromatic carbocycles. The Balaban J connectivity index is 1.91. The van der Waals surface area contributed by atoms with Gasteiger partial charge in [-0.15, -0.1) is 22.7 Å². The molecule has 4 aromatic rings. The first kappa shape index (κ1) is 13.2. The zero-order valence-corrected chi connectivity index (χ0v) is 13.6. The summed E-state index contributed by atoms with van der Waals surface area (Å²) >= 11 is 9.82. The molecule has 0 saturated carbocycles. The molecule has 0 N–H and O–H groups in total. The zero-order chi connectivity index (χ0) is 14.4. The van der Waals surface area contributed by atoms with Gasteiger partial charge in [-0.3, -0.25) is 0 Å². The summed E-state index contributed by atoms with van der Waals surface area (Å²) in [5, 5.41) is 3.56. The number of aromatic nitrogens is 2. The molecule has 2 nitrogen and oxygen atoms in total. The summed E-state index contributed by atoms with van der Waals surface area (Å²) in [5.41, 5.74) is 2.15. The molecule has 0 aliphatic rings. The highest BCUT2D eigenvalue weighted by Crippen LogP contribution is 2.36. The summed E-state index contributed by atoms with van der Waals surface area (Å²) in [7, 11) is 0. The molecule has 104 valence electrons. The summed E-state index contributed by atoms with van der Waals surface area (Å²) in [4.78, 5) is 10.2. The van der Waals surface area contributed by atoms with E-state index in [2.05, 4.69) is 46.5 Å². The lowest BCUT2D eigenvalue weighted by molar-refractivity contribution is 1.14. The maximum absolute atomic E-state index is 6.37. The number of hydrogen-bond donors (Lipinski definition) is 0. The first-order valence-corrected chi connectivity index (χ1v) is 8.75. The van der Waals surface area contributed by atoms with Crippen LogP contribution in [0.1, 0.15) is 12.5 Å². The molecule has 0 aliphatic carbocycles. The largest absolute Gasteiger partial charge is 0.227 e. The summed E-state index contributed by atoms with van der Waals surface area (Å²) in [6.45, 7) is 2.13. The highest BCUT2D eigenvalue weighted by molar-refractivity contribution is 7.28. The van der Waals surface area contributed by atoms with Crippen LogP contribution in [0.25, 0.3) is 31.0 Å². The molecular formula is C16H11ClN2S2. The molecule has 3 aromatic heterocycles. The van der Waals surface area contributed by atoms with E-state index in [0.29, 0.717) is 11.0 Å². The monoisotopic (exact) mass is 330 g/mol. The van der Waals surface area contributed by atoms with E-state index in [1.165, 1.54) is 15.0 Å². The minimum absolute atomic E-state index is 0.530. The lowest BCUT2D eigenvalue weighted by Gasteiger charge is -2.04. The summed E-state index contributed by atoms with van der Waals surface area (Å²) in [5.74, 6) is 0.713. The van der Waals surface area contributed by atoms with Crippen molar-refractivity contribution in [1.82, 2.24) is 9.97 Å². The topological polar surface area (TPSA) is 25.8 Å². The summed E-state index contributed by atoms with van der Waals surface area (Å²) in [6.07, 6.45) is 0.981. The van der Waals surface area contributed by atoms with Gasteiger partial charge in [0.1, 0.15) is 5.15 Å². The number of thiophene rings is 2. The maximum Gasteiger partial charge on any atom is 0.171 e. The smallest absolute Gasteiger partial charge is 0.171 e. The fraction of sp³-hybridized carbons (Fsp3) is 0.125. The minimum Gasteiger partial charge on any atom is -0.227 e. The molecule has 5 heteroatoms. The second kappa shape index (κ2) is 5.05. The second-order valence-electron chi connectivity index (χ2n) is 4.80. The van der Waals surface area contributed by atoms with Gasteiger partial charge in [0.25, 0.3) is 0 Å². The van der Waals surface area contributed by atoms with Crippen LogP contribution in [-0.2, 0) is 6.42 Å². The van der Waals surface area contributed by atoms with Gasteiger partial charge in [0.15, 0.2) is 5.82 Å². The highest BCUT2D eigenvalue weighted by atomic mass is 35.5. The van der Waals surface area contributed by atoms with Gasteiger partial charge in [0, 0.05) is 14.8 Å². The molecule has 0 saturated heterocycles. The highest BCUT2D eigenvalue weighted by Gasteiger charge is 2.11. The van der Waals surface area contributed by atoms with Gasteiger partial charge in [0.2, 0.25) is 0 Å².